The maximum absolute atomic E-state index is 4.95. The van der Waals surface area contributed by atoms with Crippen molar-refractivity contribution in [3.8, 4) is 0 Å². The molecule has 0 N–H and O–H groups in total. The van der Waals surface area contributed by atoms with Crippen LogP contribution in [0.3, 0.4) is 0 Å². The number of rotatable bonds is 0. The third kappa shape index (κ3) is 1.20. The zero-order valence-electron chi connectivity index (χ0n) is 6.86. The summed E-state index contributed by atoms with van der Waals surface area (Å²) in [6.45, 7) is 8.22. The van der Waals surface area contributed by atoms with Gasteiger partial charge in [0.05, 0.1) is 5.69 Å². The summed E-state index contributed by atoms with van der Waals surface area (Å²) in [6, 6.07) is 0. The zero-order valence-corrected chi connectivity index (χ0v) is 6.86. The molecule has 0 fully saturated rings. The molecule has 0 aromatic carbocycles. The van der Waals surface area contributed by atoms with Gasteiger partial charge in [0.1, 0.15) is 5.76 Å². The summed E-state index contributed by atoms with van der Waals surface area (Å²) in [6.07, 6.45) is 2.48. The summed E-state index contributed by atoms with van der Waals surface area (Å²) < 4.78 is 4.95. The molecule has 1 aromatic heterocycles. The van der Waals surface area contributed by atoms with Crippen LogP contribution in [0.25, 0.3) is 0 Å². The van der Waals surface area contributed by atoms with Gasteiger partial charge >= 0.3 is 0 Å². The Balaban J connectivity index is 3.05. The van der Waals surface area contributed by atoms with Crippen LogP contribution < -0.4 is 0 Å². The summed E-state index contributed by atoms with van der Waals surface area (Å²) in [5.41, 5.74) is 1.07. The van der Waals surface area contributed by atoms with E-state index in [1.165, 1.54) is 0 Å². The number of hydrogen-bond donors (Lipinski definition) is 0. The number of hydrogen-bond acceptors (Lipinski definition) is 2. The number of aromatic nitrogens is 1. The Bertz CT molecular complexity index is 219. The van der Waals surface area contributed by atoms with Crippen molar-refractivity contribution in [1.82, 2.24) is 4.98 Å². The van der Waals surface area contributed by atoms with Crippen molar-refractivity contribution < 1.29 is 4.42 Å². The predicted molar refractivity (Wildman–Crippen MR) is 38.8 cm³/mol. The van der Waals surface area contributed by atoms with Gasteiger partial charge in [0.15, 0.2) is 0 Å². The van der Waals surface area contributed by atoms with Gasteiger partial charge in [-0.3, -0.25) is 0 Å². The molecule has 0 bridgehead atoms. The van der Waals surface area contributed by atoms with Gasteiger partial charge < -0.3 is 4.42 Å². The molecule has 10 heavy (non-hydrogen) atoms. The van der Waals surface area contributed by atoms with Crippen LogP contribution in [0.1, 0.15) is 32.2 Å². The third-order valence-corrected chi connectivity index (χ3v) is 1.40. The molecule has 0 amide bonds. The van der Waals surface area contributed by atoms with E-state index in [0.717, 1.165) is 11.5 Å². The highest BCUT2D eigenvalue weighted by molar-refractivity contribution is 5.14. The van der Waals surface area contributed by atoms with Crippen molar-refractivity contribution in [1.29, 1.82) is 0 Å². The monoisotopic (exact) mass is 138 g/mol. The second-order valence-corrected chi connectivity index (χ2v) is 3.46. The first kappa shape index (κ1) is 7.32. The fourth-order valence-corrected chi connectivity index (χ4v) is 0.960. The topological polar surface area (TPSA) is 26.0 Å². The molecule has 0 unspecified atom stereocenters. The van der Waals surface area contributed by atoms with E-state index in [2.05, 4.69) is 32.1 Å². The fourth-order valence-electron chi connectivity index (χ4n) is 0.960. The summed E-state index contributed by atoms with van der Waals surface area (Å²) >= 11 is 0. The smallest absolute Gasteiger partial charge is 0.284 e. The van der Waals surface area contributed by atoms with Gasteiger partial charge in [0, 0.05) is 5.41 Å². The molecule has 2 heteroatoms. The zero-order chi connectivity index (χ0) is 7.78. The van der Waals surface area contributed by atoms with Crippen molar-refractivity contribution in [2.24, 2.45) is 0 Å². The Morgan fingerprint density at radius 3 is 2.20 bits per heavy atom. The van der Waals surface area contributed by atoms with E-state index in [1.807, 2.05) is 6.92 Å². The highest BCUT2D eigenvalue weighted by Crippen LogP contribution is 2.22. The fraction of sp³-hybridized carbons (Fsp3) is 0.625. The third-order valence-electron chi connectivity index (χ3n) is 1.40. The highest BCUT2D eigenvalue weighted by Gasteiger charge is 2.19. The van der Waals surface area contributed by atoms with Crippen molar-refractivity contribution >= 4 is 0 Å². The second-order valence-electron chi connectivity index (χ2n) is 3.46. The van der Waals surface area contributed by atoms with Gasteiger partial charge in [-0.15, -0.1) is 0 Å². The number of oxazole rings is 1. The molecule has 55 valence electrons. The van der Waals surface area contributed by atoms with Gasteiger partial charge in [0.2, 0.25) is 0 Å². The van der Waals surface area contributed by atoms with Crippen LogP contribution in [-0.2, 0) is 5.41 Å². The molecule has 0 aliphatic carbocycles. The Morgan fingerprint density at radius 2 is 2.00 bits per heavy atom. The minimum Gasteiger partial charge on any atom is -0.438 e. The van der Waals surface area contributed by atoms with Gasteiger partial charge in [-0.1, -0.05) is 20.8 Å². The van der Waals surface area contributed by atoms with Crippen LogP contribution in [0.2, 0.25) is 0 Å². The largest absolute Gasteiger partial charge is 0.438 e. The van der Waals surface area contributed by atoms with E-state index in [4.69, 9.17) is 4.42 Å². The average molecular weight is 138 g/mol. The molecule has 1 aromatic rings. The quantitative estimate of drug-likeness (QED) is 0.548. The Kier molecular flexibility index (Phi) is 1.55. The molecular formula is C8H12NO. The van der Waals surface area contributed by atoms with Crippen LogP contribution in [0.15, 0.2) is 4.42 Å². The first-order chi connectivity index (χ1) is 4.52. The summed E-state index contributed by atoms with van der Waals surface area (Å²) in [4.78, 5) is 4.00. The van der Waals surface area contributed by atoms with Crippen LogP contribution >= 0.6 is 0 Å². The van der Waals surface area contributed by atoms with E-state index in [1.54, 1.807) is 0 Å². The minimum atomic E-state index is 0.0770. The molecule has 1 heterocycles. The molecule has 0 spiro atoms. The first-order valence-corrected chi connectivity index (χ1v) is 3.36. The van der Waals surface area contributed by atoms with E-state index in [-0.39, 0.29) is 5.41 Å². The number of nitrogens with zero attached hydrogens (tertiary/aromatic N) is 1. The lowest BCUT2D eigenvalue weighted by Crippen LogP contribution is -2.12. The van der Waals surface area contributed by atoms with Crippen LogP contribution in [0.4, 0.5) is 0 Å². The average Bonchev–Trinajstić information content (AvgIpc) is 2.11. The SMILES string of the molecule is Cc1o[c]nc1C(C)(C)C. The van der Waals surface area contributed by atoms with E-state index in [9.17, 15) is 0 Å². The second kappa shape index (κ2) is 2.11. The van der Waals surface area contributed by atoms with E-state index < -0.39 is 0 Å². The molecule has 0 saturated carbocycles. The summed E-state index contributed by atoms with van der Waals surface area (Å²) in [7, 11) is 0. The minimum absolute atomic E-state index is 0.0770. The lowest BCUT2D eigenvalue weighted by atomic mass is 9.91. The lowest BCUT2D eigenvalue weighted by molar-refractivity contribution is 0.500. The van der Waals surface area contributed by atoms with Crippen molar-refractivity contribution in [3.63, 3.8) is 0 Å². The Hall–Kier alpha value is -0.790. The van der Waals surface area contributed by atoms with Crippen molar-refractivity contribution in [2.75, 3.05) is 0 Å². The first-order valence-electron chi connectivity index (χ1n) is 3.36. The Morgan fingerprint density at radius 1 is 1.40 bits per heavy atom. The normalized spacial score (nSPS) is 12.0. The molecule has 1 rings (SSSR count). The molecular weight excluding hydrogens is 126 g/mol. The molecule has 2 nitrogen and oxygen atoms in total. The molecule has 0 saturated heterocycles. The van der Waals surface area contributed by atoms with Gasteiger partial charge in [-0.05, 0) is 6.92 Å². The standard InChI is InChI=1S/C8H12NO/c1-6-7(8(2,3)4)9-5-10-6/h1-4H3. The molecule has 0 aliphatic rings. The van der Waals surface area contributed by atoms with Crippen molar-refractivity contribution in [2.45, 2.75) is 33.1 Å². The van der Waals surface area contributed by atoms with E-state index >= 15 is 0 Å². The van der Waals surface area contributed by atoms with Crippen LogP contribution in [0, 0.1) is 13.3 Å². The van der Waals surface area contributed by atoms with Crippen LogP contribution in [-0.4, -0.2) is 4.98 Å². The molecule has 1 radical (unpaired) electrons. The summed E-state index contributed by atoms with van der Waals surface area (Å²) in [5.74, 6) is 0.868. The van der Waals surface area contributed by atoms with Crippen LogP contribution in [0.5, 0.6) is 0 Å². The van der Waals surface area contributed by atoms with Gasteiger partial charge in [-0.2, -0.15) is 0 Å². The van der Waals surface area contributed by atoms with E-state index in [0.29, 0.717) is 0 Å². The molecule has 0 aliphatic heterocycles. The predicted octanol–water partition coefficient (Wildman–Crippen LogP) is 2.08. The van der Waals surface area contributed by atoms with Gasteiger partial charge in [-0.25, -0.2) is 4.98 Å². The maximum Gasteiger partial charge on any atom is 0.284 e. The maximum atomic E-state index is 4.95. The Labute approximate surface area is 61.3 Å². The summed E-state index contributed by atoms with van der Waals surface area (Å²) in [5, 5.41) is 0. The van der Waals surface area contributed by atoms with Crippen molar-refractivity contribution in [3.05, 3.63) is 17.8 Å². The lowest BCUT2D eigenvalue weighted by Gasteiger charge is -2.14. The highest BCUT2D eigenvalue weighted by atomic mass is 16.3. The number of aryl methyl sites for hydroxylation is 1. The molecule has 0 atom stereocenters. The van der Waals surface area contributed by atoms with Gasteiger partial charge in [0.25, 0.3) is 6.39 Å².